The Morgan fingerprint density at radius 3 is 2.53 bits per heavy atom. The Morgan fingerprint density at radius 1 is 1.47 bits per heavy atom. The van der Waals surface area contributed by atoms with E-state index in [2.05, 4.69) is 16.9 Å². The van der Waals surface area contributed by atoms with Crippen LogP contribution in [-0.4, -0.2) is 21.7 Å². The second-order valence-electron chi connectivity index (χ2n) is 4.43. The van der Waals surface area contributed by atoms with Crippen LogP contribution in [-0.2, 0) is 10.3 Å². The maximum atomic E-state index is 9.55. The molecule has 4 nitrogen and oxygen atoms in total. The van der Waals surface area contributed by atoms with E-state index in [0.29, 0.717) is 12.4 Å². The second kappa shape index (κ2) is 5.56. The summed E-state index contributed by atoms with van der Waals surface area (Å²) >= 11 is 0. The normalized spacial score (nSPS) is 16.6. The zero-order valence-electron chi connectivity index (χ0n) is 11.3. The molecule has 0 aliphatic heterocycles. The monoisotopic (exact) mass is 238 g/mol. The Morgan fingerprint density at radius 2 is 2.12 bits per heavy atom. The fourth-order valence-corrected chi connectivity index (χ4v) is 1.78. The number of nitrogens with zero attached hydrogens (tertiary/aromatic N) is 2. The number of aliphatic hydroxyl groups excluding tert-OH is 1. The molecule has 1 aromatic heterocycles. The van der Waals surface area contributed by atoms with Crippen LogP contribution in [0.3, 0.4) is 0 Å². The maximum absolute atomic E-state index is 9.55. The largest absolute Gasteiger partial charge is 0.389 e. The molecule has 0 fully saturated rings. The first kappa shape index (κ1) is 14.1. The minimum absolute atomic E-state index is 0.448. The molecule has 0 spiro atoms. The lowest BCUT2D eigenvalue weighted by Gasteiger charge is -2.27. The number of aliphatic hydroxyl groups is 1. The first-order valence-corrected chi connectivity index (χ1v) is 6.10. The lowest BCUT2D eigenvalue weighted by atomic mass is 10.0. The molecule has 0 aliphatic rings. The van der Waals surface area contributed by atoms with Crippen LogP contribution in [0.2, 0.25) is 0 Å². The van der Waals surface area contributed by atoms with E-state index in [1.807, 2.05) is 20.8 Å². The third kappa shape index (κ3) is 3.01. The lowest BCUT2D eigenvalue weighted by molar-refractivity contribution is -0.0392. The first-order chi connectivity index (χ1) is 7.94. The van der Waals surface area contributed by atoms with Gasteiger partial charge in [-0.25, -0.2) is 9.97 Å². The van der Waals surface area contributed by atoms with Crippen LogP contribution in [0, 0.1) is 6.92 Å². The van der Waals surface area contributed by atoms with Crippen LogP contribution in [0.25, 0.3) is 0 Å². The van der Waals surface area contributed by atoms with Crippen molar-refractivity contribution in [3.8, 4) is 0 Å². The van der Waals surface area contributed by atoms with Crippen molar-refractivity contribution in [3.63, 3.8) is 0 Å². The molecule has 0 bridgehead atoms. The Bertz CT molecular complexity index is 380. The number of ether oxygens (including phenoxy) is 1. The van der Waals surface area contributed by atoms with Crippen molar-refractivity contribution in [2.24, 2.45) is 0 Å². The van der Waals surface area contributed by atoms with Crippen molar-refractivity contribution >= 4 is 0 Å². The third-order valence-corrected chi connectivity index (χ3v) is 3.08. The summed E-state index contributed by atoms with van der Waals surface area (Å²) in [5.41, 5.74) is 1.13. The van der Waals surface area contributed by atoms with Gasteiger partial charge in [-0.1, -0.05) is 6.92 Å². The van der Waals surface area contributed by atoms with Crippen molar-refractivity contribution in [2.75, 3.05) is 6.61 Å². The summed E-state index contributed by atoms with van der Waals surface area (Å²) < 4.78 is 5.73. The predicted octanol–water partition coefficient (Wildman–Crippen LogP) is 2.50. The van der Waals surface area contributed by atoms with Gasteiger partial charge in [-0.2, -0.15) is 0 Å². The minimum Gasteiger partial charge on any atom is -0.389 e. The standard InChI is InChI=1S/C13H22N2O2/c1-6-13(5,17-7-2)12-14-8-11(10(4)16)9(3)15-12/h8,10,16H,6-7H2,1-5H3. The Kier molecular flexibility index (Phi) is 4.60. The van der Waals surface area contributed by atoms with Gasteiger partial charge in [-0.05, 0) is 34.1 Å². The van der Waals surface area contributed by atoms with Gasteiger partial charge in [0, 0.05) is 24.1 Å². The summed E-state index contributed by atoms with van der Waals surface area (Å²) in [5.74, 6) is 0.684. The van der Waals surface area contributed by atoms with E-state index in [1.165, 1.54) is 0 Å². The van der Waals surface area contributed by atoms with E-state index in [-0.39, 0.29) is 0 Å². The number of aromatic nitrogens is 2. The maximum Gasteiger partial charge on any atom is 0.160 e. The molecule has 1 N–H and O–H groups in total. The highest BCUT2D eigenvalue weighted by atomic mass is 16.5. The van der Waals surface area contributed by atoms with Gasteiger partial charge in [0.1, 0.15) is 5.60 Å². The molecular formula is C13H22N2O2. The van der Waals surface area contributed by atoms with Gasteiger partial charge in [0.2, 0.25) is 0 Å². The number of hydrogen-bond donors (Lipinski definition) is 1. The molecule has 2 unspecified atom stereocenters. The van der Waals surface area contributed by atoms with Crippen LogP contribution in [0.5, 0.6) is 0 Å². The molecule has 0 radical (unpaired) electrons. The van der Waals surface area contributed by atoms with Gasteiger partial charge in [0.15, 0.2) is 5.82 Å². The highest BCUT2D eigenvalue weighted by Crippen LogP contribution is 2.27. The van der Waals surface area contributed by atoms with Gasteiger partial charge in [-0.15, -0.1) is 0 Å². The molecule has 2 atom stereocenters. The third-order valence-electron chi connectivity index (χ3n) is 3.08. The van der Waals surface area contributed by atoms with Crippen LogP contribution in [0.15, 0.2) is 6.20 Å². The molecule has 0 aliphatic carbocycles. The van der Waals surface area contributed by atoms with Crippen molar-refractivity contribution < 1.29 is 9.84 Å². The summed E-state index contributed by atoms with van der Waals surface area (Å²) in [7, 11) is 0. The summed E-state index contributed by atoms with van der Waals surface area (Å²) in [6.07, 6.45) is 1.97. The van der Waals surface area contributed by atoms with Crippen LogP contribution in [0.1, 0.15) is 57.3 Å². The summed E-state index contributed by atoms with van der Waals surface area (Å²) in [4.78, 5) is 8.79. The molecule has 1 heterocycles. The van der Waals surface area contributed by atoms with E-state index in [0.717, 1.165) is 17.7 Å². The average molecular weight is 238 g/mol. The molecule has 0 amide bonds. The molecule has 1 aromatic rings. The quantitative estimate of drug-likeness (QED) is 0.856. The van der Waals surface area contributed by atoms with E-state index in [4.69, 9.17) is 4.74 Å². The molecule has 1 rings (SSSR count). The molecule has 0 saturated carbocycles. The van der Waals surface area contributed by atoms with E-state index < -0.39 is 11.7 Å². The highest BCUT2D eigenvalue weighted by molar-refractivity contribution is 5.20. The average Bonchev–Trinajstić information content (AvgIpc) is 2.28. The lowest BCUT2D eigenvalue weighted by Crippen LogP contribution is -2.28. The predicted molar refractivity (Wildman–Crippen MR) is 66.7 cm³/mol. The molecule has 96 valence electrons. The molecule has 17 heavy (non-hydrogen) atoms. The SMILES string of the molecule is CCOC(C)(CC)c1ncc(C(C)O)c(C)n1. The second-order valence-corrected chi connectivity index (χ2v) is 4.43. The number of rotatable bonds is 5. The molecule has 0 aromatic carbocycles. The van der Waals surface area contributed by atoms with Crippen LogP contribution in [0.4, 0.5) is 0 Å². The van der Waals surface area contributed by atoms with Gasteiger partial charge in [-0.3, -0.25) is 0 Å². The fourth-order valence-electron chi connectivity index (χ4n) is 1.78. The Hall–Kier alpha value is -1.00. The van der Waals surface area contributed by atoms with Crippen molar-refractivity contribution in [1.82, 2.24) is 9.97 Å². The summed E-state index contributed by atoms with van der Waals surface area (Å²) in [6, 6.07) is 0. The zero-order chi connectivity index (χ0) is 13.1. The number of hydrogen-bond acceptors (Lipinski definition) is 4. The summed E-state index contributed by atoms with van der Waals surface area (Å²) in [5, 5.41) is 9.55. The molecule has 0 saturated heterocycles. The molecular weight excluding hydrogens is 216 g/mol. The van der Waals surface area contributed by atoms with Crippen molar-refractivity contribution in [3.05, 3.63) is 23.3 Å². The van der Waals surface area contributed by atoms with Gasteiger partial charge >= 0.3 is 0 Å². The van der Waals surface area contributed by atoms with Crippen molar-refractivity contribution in [2.45, 2.75) is 52.7 Å². The fraction of sp³-hybridized carbons (Fsp3) is 0.692. The van der Waals surface area contributed by atoms with Gasteiger partial charge in [0.25, 0.3) is 0 Å². The smallest absolute Gasteiger partial charge is 0.160 e. The zero-order valence-corrected chi connectivity index (χ0v) is 11.3. The highest BCUT2D eigenvalue weighted by Gasteiger charge is 2.28. The van der Waals surface area contributed by atoms with Gasteiger partial charge < -0.3 is 9.84 Å². The Balaban J connectivity index is 3.11. The van der Waals surface area contributed by atoms with Crippen LogP contribution >= 0.6 is 0 Å². The van der Waals surface area contributed by atoms with E-state index >= 15 is 0 Å². The summed E-state index contributed by atoms with van der Waals surface area (Å²) in [6.45, 7) is 10.2. The first-order valence-electron chi connectivity index (χ1n) is 6.10. The Labute approximate surface area is 103 Å². The van der Waals surface area contributed by atoms with E-state index in [9.17, 15) is 5.11 Å². The van der Waals surface area contributed by atoms with E-state index in [1.54, 1.807) is 13.1 Å². The van der Waals surface area contributed by atoms with Gasteiger partial charge in [0.05, 0.1) is 6.10 Å². The number of aryl methyl sites for hydroxylation is 1. The van der Waals surface area contributed by atoms with Crippen LogP contribution < -0.4 is 0 Å². The molecule has 4 heteroatoms. The minimum atomic E-state index is -0.538. The van der Waals surface area contributed by atoms with Crippen molar-refractivity contribution in [1.29, 1.82) is 0 Å². The topological polar surface area (TPSA) is 55.2 Å².